The summed E-state index contributed by atoms with van der Waals surface area (Å²) >= 11 is 0. The van der Waals surface area contributed by atoms with Gasteiger partial charge in [-0.3, -0.25) is 34.6 Å². The first-order valence-corrected chi connectivity index (χ1v) is 14.7. The Morgan fingerprint density at radius 2 is 1.38 bits per heavy atom. The molecule has 3 amide bonds. The molecule has 3 heterocycles. The van der Waals surface area contributed by atoms with Gasteiger partial charge in [-0.05, 0) is 58.7 Å². The average molecular weight is 654 g/mol. The Kier molecular flexibility index (Phi) is 8.68. The SMILES string of the molecule is O=C1Cc2ccc([N+](=O)[O-])c(c2)Oc2cccc(c2)[C@@H]2NC(=O)[C@@H](Cc3ccc(c([N+](=O)[O-])c3)Oc3cccc(c3)[C@H](CO)NC2=O)N1. The third-order valence-corrected chi connectivity index (χ3v) is 7.85. The number of nitro benzene ring substituents is 2. The molecule has 0 spiro atoms. The summed E-state index contributed by atoms with van der Waals surface area (Å²) in [6.45, 7) is -0.563. The van der Waals surface area contributed by atoms with E-state index in [9.17, 15) is 39.7 Å². The van der Waals surface area contributed by atoms with Gasteiger partial charge < -0.3 is 30.5 Å². The van der Waals surface area contributed by atoms with Crippen molar-refractivity contribution in [1.29, 1.82) is 0 Å². The average Bonchev–Trinajstić information content (AvgIpc) is 3.05. The summed E-state index contributed by atoms with van der Waals surface area (Å²) in [6.07, 6.45) is -0.513. The number of benzene rings is 4. The van der Waals surface area contributed by atoms with E-state index in [1.54, 1.807) is 18.2 Å². The van der Waals surface area contributed by atoms with Crippen LogP contribution in [0, 0.1) is 20.2 Å². The van der Waals surface area contributed by atoms with Crippen LogP contribution in [0.15, 0.2) is 84.9 Å². The van der Waals surface area contributed by atoms with Gasteiger partial charge in [0.05, 0.1) is 28.9 Å². The molecule has 0 saturated carbocycles. The van der Waals surface area contributed by atoms with Crippen molar-refractivity contribution in [3.63, 3.8) is 0 Å². The van der Waals surface area contributed by atoms with Crippen LogP contribution in [0.25, 0.3) is 0 Å². The predicted octanol–water partition coefficient (Wildman–Crippen LogP) is 3.69. The number of amides is 3. The van der Waals surface area contributed by atoms with Crippen LogP contribution in [0.4, 0.5) is 11.4 Å². The third-order valence-electron chi connectivity index (χ3n) is 7.85. The smallest absolute Gasteiger partial charge is 0.311 e. The largest absolute Gasteiger partial charge is 0.450 e. The lowest BCUT2D eigenvalue weighted by atomic mass is 10.00. The zero-order valence-electron chi connectivity index (χ0n) is 25.0. The van der Waals surface area contributed by atoms with Gasteiger partial charge in [0.1, 0.15) is 23.6 Å². The first-order chi connectivity index (χ1) is 23.1. The fraction of sp³-hybridized carbons (Fsp3) is 0.182. The fourth-order valence-electron chi connectivity index (χ4n) is 5.53. The minimum Gasteiger partial charge on any atom is -0.450 e. The molecule has 0 radical (unpaired) electrons. The van der Waals surface area contributed by atoms with E-state index in [0.717, 1.165) is 0 Å². The monoisotopic (exact) mass is 653 g/mol. The third kappa shape index (κ3) is 6.75. The summed E-state index contributed by atoms with van der Waals surface area (Å²) in [6, 6.07) is 16.6. The number of nitrogens with zero attached hydrogens (tertiary/aromatic N) is 2. The van der Waals surface area contributed by atoms with Gasteiger partial charge in [-0.15, -0.1) is 0 Å². The molecular formula is C33H27N5O10. The van der Waals surface area contributed by atoms with E-state index in [0.29, 0.717) is 16.7 Å². The summed E-state index contributed by atoms with van der Waals surface area (Å²) in [5.74, 6) is -2.09. The molecule has 0 unspecified atom stereocenters. The van der Waals surface area contributed by atoms with Crippen LogP contribution in [0.2, 0.25) is 0 Å². The molecule has 15 heteroatoms. The van der Waals surface area contributed by atoms with Crippen LogP contribution in [-0.4, -0.2) is 45.3 Å². The second-order valence-electron chi connectivity index (χ2n) is 11.2. The second kappa shape index (κ2) is 13.2. The number of hydrogen-bond acceptors (Lipinski definition) is 10. The molecule has 48 heavy (non-hydrogen) atoms. The number of aliphatic hydroxyl groups is 1. The molecule has 10 bridgehead atoms. The summed E-state index contributed by atoms with van der Waals surface area (Å²) in [5.41, 5.74) is 0.525. The Morgan fingerprint density at radius 1 is 0.708 bits per heavy atom. The standard InChI is InChI=1S/C33H27N5O10/c39-17-25-20-3-1-5-22(15-20)47-28-10-8-18(12-27(28)38(45)46)11-24-32(41)36-31(33(42)35-25)21-4-2-6-23(16-21)48-29-13-19(14-30(40)34-24)7-9-26(29)37(43)44/h1-10,12-13,15-16,24-25,31,39H,11,14,17H2,(H,34,40)(H,35,42)(H,36,41)/t24-,25+,31+/m1/s1. The molecule has 4 aromatic carbocycles. The number of fused-ring (bicyclic) bond motifs is 8. The van der Waals surface area contributed by atoms with Gasteiger partial charge in [0.15, 0.2) is 0 Å². The number of hydrogen-bond donors (Lipinski definition) is 4. The van der Waals surface area contributed by atoms with Gasteiger partial charge in [-0.2, -0.15) is 0 Å². The molecule has 3 atom stereocenters. The molecule has 244 valence electrons. The van der Waals surface area contributed by atoms with Crippen LogP contribution in [0.5, 0.6) is 23.0 Å². The van der Waals surface area contributed by atoms with E-state index in [2.05, 4.69) is 16.0 Å². The molecule has 15 nitrogen and oxygen atoms in total. The maximum absolute atomic E-state index is 13.9. The van der Waals surface area contributed by atoms with Crippen molar-refractivity contribution in [2.24, 2.45) is 0 Å². The van der Waals surface area contributed by atoms with Gasteiger partial charge in [0.25, 0.3) is 0 Å². The lowest BCUT2D eigenvalue weighted by molar-refractivity contribution is -0.385. The minimum atomic E-state index is -1.41. The van der Waals surface area contributed by atoms with Crippen LogP contribution >= 0.6 is 0 Å². The summed E-state index contributed by atoms with van der Waals surface area (Å²) in [5, 5.41) is 42.2. The van der Waals surface area contributed by atoms with Crippen molar-refractivity contribution in [1.82, 2.24) is 16.0 Å². The number of rotatable bonds is 3. The Morgan fingerprint density at radius 3 is 2.08 bits per heavy atom. The van der Waals surface area contributed by atoms with Crippen molar-refractivity contribution in [2.75, 3.05) is 6.61 Å². The van der Waals surface area contributed by atoms with Crippen molar-refractivity contribution >= 4 is 29.1 Å². The lowest BCUT2D eigenvalue weighted by Gasteiger charge is -2.26. The van der Waals surface area contributed by atoms with Gasteiger partial charge >= 0.3 is 11.4 Å². The van der Waals surface area contributed by atoms with Crippen LogP contribution in [0.3, 0.4) is 0 Å². The van der Waals surface area contributed by atoms with E-state index >= 15 is 0 Å². The highest BCUT2D eigenvalue weighted by Gasteiger charge is 2.32. The predicted molar refractivity (Wildman–Crippen MR) is 167 cm³/mol. The maximum Gasteiger partial charge on any atom is 0.311 e. The molecule has 0 aromatic heterocycles. The summed E-state index contributed by atoms with van der Waals surface area (Å²) in [4.78, 5) is 63.8. The lowest BCUT2D eigenvalue weighted by Crippen LogP contribution is -2.51. The van der Waals surface area contributed by atoms with E-state index in [4.69, 9.17) is 9.47 Å². The molecule has 7 rings (SSSR count). The summed E-state index contributed by atoms with van der Waals surface area (Å²) in [7, 11) is 0. The van der Waals surface area contributed by atoms with Crippen LogP contribution in [-0.2, 0) is 27.2 Å². The molecule has 3 aliphatic heterocycles. The number of carbonyl (C=O) groups excluding carboxylic acids is 3. The van der Waals surface area contributed by atoms with Gasteiger partial charge in [0.2, 0.25) is 29.2 Å². The van der Waals surface area contributed by atoms with Crippen molar-refractivity contribution in [2.45, 2.75) is 31.0 Å². The quantitative estimate of drug-likeness (QED) is 0.186. The molecule has 4 aromatic rings. The highest BCUT2D eigenvalue weighted by Crippen LogP contribution is 2.36. The zero-order chi connectivity index (χ0) is 33.9. The highest BCUT2D eigenvalue weighted by atomic mass is 16.6. The molecule has 4 N–H and O–H groups in total. The molecular weight excluding hydrogens is 626 g/mol. The Balaban J connectivity index is 1.52. The van der Waals surface area contributed by atoms with E-state index in [1.807, 2.05) is 0 Å². The highest BCUT2D eigenvalue weighted by molar-refractivity contribution is 5.93. The van der Waals surface area contributed by atoms with Crippen molar-refractivity contribution in [3.05, 3.63) is 127 Å². The summed E-state index contributed by atoms with van der Waals surface area (Å²) < 4.78 is 11.7. The number of ether oxygens (including phenoxy) is 2. The second-order valence-corrected chi connectivity index (χ2v) is 11.2. The van der Waals surface area contributed by atoms with Gasteiger partial charge in [-0.1, -0.05) is 36.4 Å². The maximum atomic E-state index is 13.9. The van der Waals surface area contributed by atoms with Gasteiger partial charge in [0, 0.05) is 18.6 Å². The Hall–Kier alpha value is -6.35. The number of nitrogens with one attached hydrogen (secondary N) is 3. The van der Waals surface area contributed by atoms with Crippen LogP contribution in [0.1, 0.15) is 34.3 Å². The number of carbonyl (C=O) groups is 3. The first kappa shape index (κ1) is 31.6. The van der Waals surface area contributed by atoms with Crippen LogP contribution < -0.4 is 25.4 Å². The first-order valence-electron chi connectivity index (χ1n) is 14.7. The normalized spacial score (nSPS) is 19.1. The number of nitro groups is 2. The van der Waals surface area contributed by atoms with Crippen molar-refractivity contribution in [3.8, 4) is 23.0 Å². The zero-order valence-corrected chi connectivity index (χ0v) is 25.0. The van der Waals surface area contributed by atoms with E-state index in [-0.39, 0.29) is 47.1 Å². The van der Waals surface area contributed by atoms with E-state index in [1.165, 1.54) is 66.7 Å². The minimum absolute atomic E-state index is 0.0896. The molecule has 0 saturated heterocycles. The Bertz CT molecular complexity index is 1960. The topological polar surface area (TPSA) is 212 Å². The molecule has 3 aliphatic rings. The fourth-order valence-corrected chi connectivity index (χ4v) is 5.53. The molecule has 0 fully saturated rings. The van der Waals surface area contributed by atoms with Gasteiger partial charge in [-0.25, -0.2) is 0 Å². The van der Waals surface area contributed by atoms with E-state index < -0.39 is 58.0 Å². The molecule has 0 aliphatic carbocycles. The number of aliphatic hydroxyl groups excluding tert-OH is 1. The Labute approximate surface area is 271 Å². The van der Waals surface area contributed by atoms with Crippen molar-refractivity contribution < 1.29 is 38.8 Å².